The summed E-state index contributed by atoms with van der Waals surface area (Å²) in [5.74, 6) is -8.71. The summed E-state index contributed by atoms with van der Waals surface area (Å²) in [6, 6.07) is 16.6. The monoisotopic (exact) mass is 599 g/mol. The van der Waals surface area contributed by atoms with E-state index in [1.54, 1.807) is 60.7 Å². The zero-order valence-electron chi connectivity index (χ0n) is 21.2. The SMILES string of the molecule is CC(Sc1cccc(NC(=O)/C(=C/c2ccsc2)NC(=O)c2ccccc2)c1)C(=O)Nc1c(F)c(F)cc(F)c1F. The average Bonchev–Trinajstić information content (AvgIpc) is 3.47. The lowest BCUT2D eigenvalue weighted by atomic mass is 10.2. The van der Waals surface area contributed by atoms with Gasteiger partial charge in [0.15, 0.2) is 23.3 Å². The van der Waals surface area contributed by atoms with E-state index >= 15 is 0 Å². The van der Waals surface area contributed by atoms with Crippen LogP contribution in [0.2, 0.25) is 0 Å². The zero-order chi connectivity index (χ0) is 29.5. The van der Waals surface area contributed by atoms with Gasteiger partial charge in [0.05, 0.1) is 5.25 Å². The van der Waals surface area contributed by atoms with Crippen molar-refractivity contribution in [2.75, 3.05) is 10.6 Å². The van der Waals surface area contributed by atoms with Crippen LogP contribution in [-0.2, 0) is 9.59 Å². The van der Waals surface area contributed by atoms with Gasteiger partial charge in [-0.25, -0.2) is 17.6 Å². The summed E-state index contributed by atoms with van der Waals surface area (Å²) in [4.78, 5) is 38.9. The van der Waals surface area contributed by atoms with Gasteiger partial charge in [-0.2, -0.15) is 11.3 Å². The number of hydrogen-bond acceptors (Lipinski definition) is 5. The first kappa shape index (κ1) is 29.6. The second-order valence-electron chi connectivity index (χ2n) is 8.51. The van der Waals surface area contributed by atoms with Gasteiger partial charge in [0, 0.05) is 22.2 Å². The van der Waals surface area contributed by atoms with Crippen LogP contribution in [-0.4, -0.2) is 23.0 Å². The van der Waals surface area contributed by atoms with Crippen molar-refractivity contribution in [2.45, 2.75) is 17.1 Å². The molecule has 0 radical (unpaired) electrons. The highest BCUT2D eigenvalue weighted by Crippen LogP contribution is 2.29. The lowest BCUT2D eigenvalue weighted by Gasteiger charge is -2.15. The third-order valence-electron chi connectivity index (χ3n) is 5.52. The highest BCUT2D eigenvalue weighted by Gasteiger charge is 2.24. The predicted molar refractivity (Wildman–Crippen MR) is 151 cm³/mol. The van der Waals surface area contributed by atoms with Crippen LogP contribution in [0, 0.1) is 23.3 Å². The Morgan fingerprint density at radius 3 is 2.24 bits per heavy atom. The zero-order valence-corrected chi connectivity index (χ0v) is 22.8. The van der Waals surface area contributed by atoms with E-state index in [0.717, 1.165) is 11.8 Å². The molecule has 12 heteroatoms. The van der Waals surface area contributed by atoms with Crippen molar-refractivity contribution in [3.05, 3.63) is 118 Å². The average molecular weight is 600 g/mol. The van der Waals surface area contributed by atoms with Gasteiger partial charge in [0.2, 0.25) is 5.91 Å². The van der Waals surface area contributed by atoms with Crippen LogP contribution in [0.15, 0.2) is 88.1 Å². The number of thioether (sulfide) groups is 1. The second-order valence-corrected chi connectivity index (χ2v) is 10.7. The van der Waals surface area contributed by atoms with Crippen LogP contribution in [0.4, 0.5) is 28.9 Å². The molecular weight excluding hydrogens is 578 g/mol. The van der Waals surface area contributed by atoms with Crippen molar-refractivity contribution in [1.29, 1.82) is 0 Å². The maximum absolute atomic E-state index is 14.0. The molecule has 0 aliphatic heterocycles. The molecule has 0 saturated carbocycles. The van der Waals surface area contributed by atoms with Crippen molar-refractivity contribution in [1.82, 2.24) is 5.32 Å². The first-order valence-corrected chi connectivity index (χ1v) is 13.8. The lowest BCUT2D eigenvalue weighted by molar-refractivity contribution is -0.115. The predicted octanol–water partition coefficient (Wildman–Crippen LogP) is 6.83. The number of thiophene rings is 1. The minimum absolute atomic E-state index is 0.00515. The molecule has 0 bridgehead atoms. The molecule has 1 atom stereocenters. The third kappa shape index (κ3) is 7.62. The number of carbonyl (C=O) groups is 3. The summed E-state index contributed by atoms with van der Waals surface area (Å²) in [6.45, 7) is 1.43. The Kier molecular flexibility index (Phi) is 9.58. The molecule has 3 N–H and O–H groups in total. The van der Waals surface area contributed by atoms with Crippen LogP contribution < -0.4 is 16.0 Å². The summed E-state index contributed by atoms with van der Waals surface area (Å²) < 4.78 is 54.9. The van der Waals surface area contributed by atoms with E-state index in [0.29, 0.717) is 21.7 Å². The van der Waals surface area contributed by atoms with E-state index in [1.807, 2.05) is 16.1 Å². The standard InChI is InChI=1S/C29H21F4N3O3S2/c1-16(27(37)36-26-24(32)21(30)14-22(31)25(26)33)41-20-9-5-8-19(13-20)34-29(39)23(12-17-10-11-40-15-17)35-28(38)18-6-3-2-4-7-18/h2-16H,1H3,(H,34,39)(H,35,38)(H,36,37)/b23-12-. The molecule has 0 spiro atoms. The molecule has 3 amide bonds. The van der Waals surface area contributed by atoms with Gasteiger partial charge in [-0.3, -0.25) is 14.4 Å². The number of rotatable bonds is 9. The number of carbonyl (C=O) groups excluding carboxylic acids is 3. The van der Waals surface area contributed by atoms with E-state index < -0.39 is 51.9 Å². The molecule has 1 aromatic heterocycles. The number of anilines is 2. The van der Waals surface area contributed by atoms with E-state index in [4.69, 9.17) is 0 Å². The van der Waals surface area contributed by atoms with Gasteiger partial charge in [0.25, 0.3) is 11.8 Å². The fourth-order valence-corrected chi connectivity index (χ4v) is 5.02. The molecule has 0 saturated heterocycles. The molecule has 0 aliphatic rings. The molecule has 41 heavy (non-hydrogen) atoms. The number of hydrogen-bond donors (Lipinski definition) is 3. The molecule has 4 rings (SSSR count). The van der Waals surface area contributed by atoms with E-state index in [2.05, 4.69) is 10.6 Å². The van der Waals surface area contributed by atoms with Crippen LogP contribution in [0.5, 0.6) is 0 Å². The molecule has 6 nitrogen and oxygen atoms in total. The van der Waals surface area contributed by atoms with Crippen molar-refractivity contribution in [3.8, 4) is 0 Å². The van der Waals surface area contributed by atoms with Crippen LogP contribution >= 0.6 is 23.1 Å². The Labute approximate surface area is 240 Å². The van der Waals surface area contributed by atoms with Crippen molar-refractivity contribution in [2.24, 2.45) is 0 Å². The first-order chi connectivity index (χ1) is 19.6. The summed E-state index contributed by atoms with van der Waals surface area (Å²) in [7, 11) is 0. The molecule has 0 fully saturated rings. The minimum Gasteiger partial charge on any atom is -0.321 e. The Morgan fingerprint density at radius 1 is 0.878 bits per heavy atom. The largest absolute Gasteiger partial charge is 0.321 e. The van der Waals surface area contributed by atoms with E-state index in [1.165, 1.54) is 24.3 Å². The molecule has 3 aromatic carbocycles. The maximum Gasteiger partial charge on any atom is 0.272 e. The van der Waals surface area contributed by atoms with Crippen LogP contribution in [0.25, 0.3) is 6.08 Å². The molecule has 1 unspecified atom stereocenters. The second kappa shape index (κ2) is 13.3. The number of benzene rings is 3. The summed E-state index contributed by atoms with van der Waals surface area (Å²) >= 11 is 2.40. The Balaban J connectivity index is 1.46. The number of halogens is 4. The lowest BCUT2D eigenvalue weighted by Crippen LogP contribution is -2.30. The van der Waals surface area contributed by atoms with E-state index in [-0.39, 0.29) is 11.8 Å². The van der Waals surface area contributed by atoms with Crippen molar-refractivity contribution in [3.63, 3.8) is 0 Å². The summed E-state index contributed by atoms with van der Waals surface area (Å²) in [5, 5.41) is 9.91. The van der Waals surface area contributed by atoms with Gasteiger partial charge in [0.1, 0.15) is 11.4 Å². The molecular formula is C29H21F4N3O3S2. The molecule has 0 aliphatic carbocycles. The minimum atomic E-state index is -1.72. The van der Waals surface area contributed by atoms with Crippen molar-refractivity contribution >= 4 is 58.3 Å². The smallest absolute Gasteiger partial charge is 0.272 e. The normalized spacial score (nSPS) is 12.0. The first-order valence-electron chi connectivity index (χ1n) is 11.9. The number of nitrogens with one attached hydrogen (secondary N) is 3. The van der Waals surface area contributed by atoms with E-state index in [9.17, 15) is 31.9 Å². The summed E-state index contributed by atoms with van der Waals surface area (Å²) in [6.07, 6.45) is 1.53. The van der Waals surface area contributed by atoms with Crippen molar-refractivity contribution < 1.29 is 31.9 Å². The van der Waals surface area contributed by atoms with Gasteiger partial charge in [-0.05, 0) is 65.7 Å². The highest BCUT2D eigenvalue weighted by molar-refractivity contribution is 8.00. The Hall–Kier alpha value is -4.42. The van der Waals surface area contributed by atoms with Crippen LogP contribution in [0.1, 0.15) is 22.8 Å². The molecule has 1 heterocycles. The van der Waals surface area contributed by atoms with Gasteiger partial charge in [-0.1, -0.05) is 24.3 Å². The summed E-state index contributed by atoms with van der Waals surface area (Å²) in [5.41, 5.74) is 0.187. The third-order valence-corrected chi connectivity index (χ3v) is 7.31. The highest BCUT2D eigenvalue weighted by atomic mass is 32.2. The topological polar surface area (TPSA) is 87.3 Å². The Bertz CT molecular complexity index is 1590. The molecule has 210 valence electrons. The fourth-order valence-electron chi connectivity index (χ4n) is 3.48. The Morgan fingerprint density at radius 2 is 1.59 bits per heavy atom. The number of amides is 3. The maximum atomic E-state index is 14.0. The quantitative estimate of drug-likeness (QED) is 0.0852. The van der Waals surface area contributed by atoms with Gasteiger partial charge < -0.3 is 16.0 Å². The fraction of sp³-hybridized carbons (Fsp3) is 0.0690. The van der Waals surface area contributed by atoms with Crippen LogP contribution in [0.3, 0.4) is 0 Å². The molecule has 4 aromatic rings. The van der Waals surface area contributed by atoms with Gasteiger partial charge >= 0.3 is 0 Å². The van der Waals surface area contributed by atoms with Gasteiger partial charge in [-0.15, -0.1) is 11.8 Å².